The molecule has 0 unspecified atom stereocenters. The van der Waals surface area contributed by atoms with Gasteiger partial charge in [0.2, 0.25) is 0 Å². The summed E-state index contributed by atoms with van der Waals surface area (Å²) >= 11 is 0. The lowest BCUT2D eigenvalue weighted by atomic mass is 10.1. The maximum atomic E-state index is 4.16. The second-order valence-corrected chi connectivity index (χ2v) is 4.12. The quantitative estimate of drug-likeness (QED) is 0.770. The van der Waals surface area contributed by atoms with Gasteiger partial charge in [-0.25, -0.2) is 0 Å². The zero-order chi connectivity index (χ0) is 11.9. The van der Waals surface area contributed by atoms with Crippen molar-refractivity contribution in [3.8, 4) is 0 Å². The molecule has 17 heavy (non-hydrogen) atoms. The Kier molecular flexibility index (Phi) is 4.33. The lowest BCUT2D eigenvalue weighted by Crippen LogP contribution is -2.19. The molecule has 0 amide bonds. The van der Waals surface area contributed by atoms with Crippen molar-refractivity contribution < 1.29 is 0 Å². The SMILES string of the molecule is CCc1ccc(CNCCn2cccn2)cc1. The summed E-state index contributed by atoms with van der Waals surface area (Å²) in [5, 5.41) is 7.58. The highest BCUT2D eigenvalue weighted by Crippen LogP contribution is 2.04. The van der Waals surface area contributed by atoms with Crippen LogP contribution < -0.4 is 5.32 Å². The summed E-state index contributed by atoms with van der Waals surface area (Å²) in [6.07, 6.45) is 4.90. The van der Waals surface area contributed by atoms with Crippen LogP contribution in [0.2, 0.25) is 0 Å². The van der Waals surface area contributed by atoms with Gasteiger partial charge in [-0.15, -0.1) is 0 Å². The summed E-state index contributed by atoms with van der Waals surface area (Å²) < 4.78 is 1.94. The van der Waals surface area contributed by atoms with Crippen LogP contribution in [0.1, 0.15) is 18.1 Å². The first-order valence-electron chi connectivity index (χ1n) is 6.14. The van der Waals surface area contributed by atoms with Crippen LogP contribution in [0.4, 0.5) is 0 Å². The van der Waals surface area contributed by atoms with E-state index in [0.717, 1.165) is 26.1 Å². The Morgan fingerprint density at radius 3 is 2.59 bits per heavy atom. The molecule has 0 aliphatic carbocycles. The Morgan fingerprint density at radius 1 is 1.18 bits per heavy atom. The highest BCUT2D eigenvalue weighted by Gasteiger charge is 1.94. The highest BCUT2D eigenvalue weighted by molar-refractivity contribution is 5.22. The molecule has 0 bridgehead atoms. The Hall–Kier alpha value is -1.61. The summed E-state index contributed by atoms with van der Waals surface area (Å²) in [7, 11) is 0. The summed E-state index contributed by atoms with van der Waals surface area (Å²) in [6, 6.07) is 10.7. The molecule has 0 spiro atoms. The fourth-order valence-corrected chi connectivity index (χ4v) is 1.75. The van der Waals surface area contributed by atoms with E-state index in [1.165, 1.54) is 11.1 Å². The van der Waals surface area contributed by atoms with E-state index >= 15 is 0 Å². The second-order valence-electron chi connectivity index (χ2n) is 4.12. The summed E-state index contributed by atoms with van der Waals surface area (Å²) in [4.78, 5) is 0. The molecule has 1 aromatic carbocycles. The van der Waals surface area contributed by atoms with Gasteiger partial charge in [-0.05, 0) is 23.6 Å². The first-order chi connectivity index (χ1) is 8.38. The molecule has 1 heterocycles. The fraction of sp³-hybridized carbons (Fsp3) is 0.357. The fourth-order valence-electron chi connectivity index (χ4n) is 1.75. The van der Waals surface area contributed by atoms with Crippen LogP contribution in [0.25, 0.3) is 0 Å². The molecular weight excluding hydrogens is 210 g/mol. The number of aryl methyl sites for hydroxylation is 1. The van der Waals surface area contributed by atoms with Gasteiger partial charge < -0.3 is 5.32 Å². The molecule has 0 atom stereocenters. The van der Waals surface area contributed by atoms with Crippen molar-refractivity contribution in [1.82, 2.24) is 15.1 Å². The molecule has 1 N–H and O–H groups in total. The molecule has 1 aromatic heterocycles. The topological polar surface area (TPSA) is 29.9 Å². The third kappa shape index (κ3) is 3.71. The number of rotatable bonds is 6. The van der Waals surface area contributed by atoms with Crippen LogP contribution in [0.3, 0.4) is 0 Å². The molecule has 2 rings (SSSR count). The van der Waals surface area contributed by atoms with E-state index in [1.807, 2.05) is 23.1 Å². The van der Waals surface area contributed by atoms with E-state index < -0.39 is 0 Å². The maximum absolute atomic E-state index is 4.16. The van der Waals surface area contributed by atoms with E-state index in [9.17, 15) is 0 Å². The Labute approximate surface area is 102 Å². The molecule has 3 heteroatoms. The molecule has 0 aliphatic rings. The largest absolute Gasteiger partial charge is 0.311 e. The number of aromatic nitrogens is 2. The normalized spacial score (nSPS) is 10.6. The van der Waals surface area contributed by atoms with Crippen LogP contribution >= 0.6 is 0 Å². The van der Waals surface area contributed by atoms with Gasteiger partial charge >= 0.3 is 0 Å². The van der Waals surface area contributed by atoms with E-state index in [1.54, 1.807) is 0 Å². The van der Waals surface area contributed by atoms with Gasteiger partial charge in [-0.1, -0.05) is 31.2 Å². The number of hydrogen-bond acceptors (Lipinski definition) is 2. The predicted octanol–water partition coefficient (Wildman–Crippen LogP) is 2.24. The monoisotopic (exact) mass is 229 g/mol. The lowest BCUT2D eigenvalue weighted by Gasteiger charge is -2.06. The first kappa shape index (κ1) is 11.9. The molecule has 0 saturated carbocycles. The van der Waals surface area contributed by atoms with Gasteiger partial charge in [0.15, 0.2) is 0 Å². The predicted molar refractivity (Wildman–Crippen MR) is 69.8 cm³/mol. The lowest BCUT2D eigenvalue weighted by molar-refractivity contribution is 0.555. The molecule has 0 saturated heterocycles. The summed E-state index contributed by atoms with van der Waals surface area (Å²) in [5.74, 6) is 0. The average Bonchev–Trinajstić information content (AvgIpc) is 2.88. The summed E-state index contributed by atoms with van der Waals surface area (Å²) in [5.41, 5.74) is 2.73. The van der Waals surface area contributed by atoms with Gasteiger partial charge in [0, 0.05) is 25.5 Å². The van der Waals surface area contributed by atoms with Crippen molar-refractivity contribution >= 4 is 0 Å². The zero-order valence-electron chi connectivity index (χ0n) is 10.3. The number of nitrogens with zero attached hydrogens (tertiary/aromatic N) is 2. The minimum atomic E-state index is 0.917. The minimum Gasteiger partial charge on any atom is -0.311 e. The van der Waals surface area contributed by atoms with Crippen LogP contribution in [-0.2, 0) is 19.5 Å². The molecule has 0 radical (unpaired) electrons. The van der Waals surface area contributed by atoms with Crippen molar-refractivity contribution in [3.63, 3.8) is 0 Å². The second kappa shape index (κ2) is 6.21. The maximum Gasteiger partial charge on any atom is 0.0534 e. The number of benzene rings is 1. The van der Waals surface area contributed by atoms with Crippen molar-refractivity contribution in [2.75, 3.05) is 6.54 Å². The van der Waals surface area contributed by atoms with Gasteiger partial charge in [-0.2, -0.15) is 5.10 Å². The zero-order valence-corrected chi connectivity index (χ0v) is 10.3. The molecule has 0 fully saturated rings. The van der Waals surface area contributed by atoms with Gasteiger partial charge in [0.1, 0.15) is 0 Å². The van der Waals surface area contributed by atoms with Crippen LogP contribution in [0.15, 0.2) is 42.7 Å². The standard InChI is InChI=1S/C14H19N3/c1-2-13-4-6-14(7-5-13)12-15-9-11-17-10-3-8-16-17/h3-8,10,15H,2,9,11-12H2,1H3. The Bertz CT molecular complexity index is 417. The molecule has 90 valence electrons. The van der Waals surface area contributed by atoms with Crippen molar-refractivity contribution in [2.45, 2.75) is 26.4 Å². The third-order valence-corrected chi connectivity index (χ3v) is 2.84. The molecule has 2 aromatic rings. The Morgan fingerprint density at radius 2 is 1.94 bits per heavy atom. The van der Waals surface area contributed by atoms with Gasteiger partial charge in [0.25, 0.3) is 0 Å². The van der Waals surface area contributed by atoms with Crippen molar-refractivity contribution in [3.05, 3.63) is 53.9 Å². The Balaban J connectivity index is 1.70. The smallest absolute Gasteiger partial charge is 0.0534 e. The van der Waals surface area contributed by atoms with Crippen LogP contribution in [-0.4, -0.2) is 16.3 Å². The third-order valence-electron chi connectivity index (χ3n) is 2.84. The molecular formula is C14H19N3. The summed E-state index contributed by atoms with van der Waals surface area (Å²) in [6.45, 7) is 4.96. The molecule has 3 nitrogen and oxygen atoms in total. The highest BCUT2D eigenvalue weighted by atomic mass is 15.3. The minimum absolute atomic E-state index is 0.917. The van der Waals surface area contributed by atoms with E-state index in [4.69, 9.17) is 0 Å². The van der Waals surface area contributed by atoms with Crippen LogP contribution in [0.5, 0.6) is 0 Å². The van der Waals surface area contributed by atoms with E-state index in [2.05, 4.69) is 41.6 Å². The van der Waals surface area contributed by atoms with E-state index in [0.29, 0.717) is 0 Å². The average molecular weight is 229 g/mol. The van der Waals surface area contributed by atoms with Gasteiger partial charge in [0.05, 0.1) is 6.54 Å². The van der Waals surface area contributed by atoms with Crippen molar-refractivity contribution in [1.29, 1.82) is 0 Å². The van der Waals surface area contributed by atoms with Gasteiger partial charge in [-0.3, -0.25) is 4.68 Å². The van der Waals surface area contributed by atoms with Crippen LogP contribution in [0, 0.1) is 0 Å². The number of nitrogens with one attached hydrogen (secondary N) is 1. The van der Waals surface area contributed by atoms with E-state index in [-0.39, 0.29) is 0 Å². The number of hydrogen-bond donors (Lipinski definition) is 1. The first-order valence-corrected chi connectivity index (χ1v) is 6.14. The molecule has 0 aliphatic heterocycles. The van der Waals surface area contributed by atoms with Crippen molar-refractivity contribution in [2.24, 2.45) is 0 Å².